The van der Waals surface area contributed by atoms with E-state index in [1.807, 2.05) is 35.2 Å². The molecule has 2 atom stereocenters. The third-order valence-electron chi connectivity index (χ3n) is 6.96. The average molecular weight is 491 g/mol. The minimum atomic E-state index is -0.857. The van der Waals surface area contributed by atoms with Crippen molar-refractivity contribution < 1.29 is 9.18 Å². The third-order valence-corrected chi connectivity index (χ3v) is 7.44. The van der Waals surface area contributed by atoms with Crippen molar-refractivity contribution in [1.82, 2.24) is 4.90 Å². The Hall–Kier alpha value is -3.38. The number of piperidine rings is 1. The summed E-state index contributed by atoms with van der Waals surface area (Å²) in [5.41, 5.74) is 11.3. The summed E-state index contributed by atoms with van der Waals surface area (Å²) in [5.74, 6) is -0.121. The normalized spacial score (nSPS) is 20.1. The Morgan fingerprint density at radius 3 is 2.31 bits per heavy atom. The maximum Gasteiger partial charge on any atom is 0.247 e. The predicted octanol–water partition coefficient (Wildman–Crippen LogP) is 5.27. The number of hydrogen-bond acceptors (Lipinski definition) is 3. The van der Waals surface area contributed by atoms with Gasteiger partial charge >= 0.3 is 0 Å². The van der Waals surface area contributed by atoms with E-state index in [2.05, 4.69) is 36.4 Å². The molecule has 2 aliphatic heterocycles. The smallest absolute Gasteiger partial charge is 0.247 e. The fourth-order valence-electron chi connectivity index (χ4n) is 5.00. The highest BCUT2D eigenvalue weighted by Crippen LogP contribution is 2.45. The molecule has 0 spiro atoms. The van der Waals surface area contributed by atoms with Crippen molar-refractivity contribution in [2.45, 2.75) is 37.0 Å². The summed E-state index contributed by atoms with van der Waals surface area (Å²) >= 11 is 6.90. The Morgan fingerprint density at radius 1 is 1.00 bits per heavy atom. The lowest BCUT2D eigenvalue weighted by molar-refractivity contribution is -0.134. The minimum absolute atomic E-state index is 0.0362. The number of fused-ring (bicyclic) bond motifs is 1. The first-order valence-corrected chi connectivity index (χ1v) is 12.3. The summed E-state index contributed by atoms with van der Waals surface area (Å²) in [6.07, 6.45) is -0.148. The zero-order valence-corrected chi connectivity index (χ0v) is 20.1. The number of carbonyl (C=O) groups excluding carboxylic acids is 1. The van der Waals surface area contributed by atoms with Crippen molar-refractivity contribution in [2.75, 3.05) is 18.0 Å². The molecule has 3 aromatic carbocycles. The number of hydrogen-bond donors (Lipinski definition) is 2. The summed E-state index contributed by atoms with van der Waals surface area (Å²) in [7, 11) is 0. The topological polar surface area (TPSA) is 73.4 Å². The molecule has 180 valence electrons. The second-order valence-corrected chi connectivity index (χ2v) is 9.69. The Bertz CT molecular complexity index is 1230. The lowest BCUT2D eigenvalue weighted by Crippen LogP contribution is -2.50. The summed E-state index contributed by atoms with van der Waals surface area (Å²) in [6.45, 7) is 1.27. The largest absolute Gasteiger partial charge is 0.384 e. The van der Waals surface area contributed by atoms with Crippen LogP contribution in [0.15, 0.2) is 72.8 Å². The van der Waals surface area contributed by atoms with E-state index >= 15 is 0 Å². The molecule has 3 aromatic rings. The molecule has 2 unspecified atom stereocenters. The molecule has 0 aliphatic carbocycles. The Labute approximate surface area is 209 Å². The van der Waals surface area contributed by atoms with Crippen molar-refractivity contribution in [1.29, 1.82) is 5.41 Å². The van der Waals surface area contributed by atoms with Crippen LogP contribution in [0, 0.1) is 5.41 Å². The molecule has 0 aromatic heterocycles. The fourth-order valence-corrected chi connectivity index (χ4v) is 5.43. The summed E-state index contributed by atoms with van der Waals surface area (Å²) < 4.78 is 13.7. The molecule has 0 radical (unpaired) electrons. The van der Waals surface area contributed by atoms with Crippen LogP contribution in [0.1, 0.15) is 34.9 Å². The number of nitrogens with zero attached hydrogens (tertiary/aromatic N) is 2. The number of nitrogen functional groups attached to an aromatic ring is 1. The van der Waals surface area contributed by atoms with Crippen molar-refractivity contribution in [2.24, 2.45) is 5.73 Å². The van der Waals surface area contributed by atoms with Crippen molar-refractivity contribution in [3.05, 3.63) is 89.5 Å². The van der Waals surface area contributed by atoms with Crippen LogP contribution >= 0.6 is 11.6 Å². The molecule has 1 fully saturated rings. The van der Waals surface area contributed by atoms with E-state index in [0.717, 1.165) is 27.9 Å². The van der Waals surface area contributed by atoms with Gasteiger partial charge in [0.15, 0.2) is 0 Å². The summed E-state index contributed by atoms with van der Waals surface area (Å²) in [4.78, 5) is 17.4. The number of anilines is 1. The molecular formula is C28H28ClFN4O. The maximum atomic E-state index is 13.7. The molecule has 3 N–H and O–H groups in total. The van der Waals surface area contributed by atoms with Crippen LogP contribution < -0.4 is 10.6 Å². The zero-order valence-electron chi connectivity index (χ0n) is 19.3. The van der Waals surface area contributed by atoms with E-state index in [9.17, 15) is 9.18 Å². The van der Waals surface area contributed by atoms with Crippen LogP contribution in [0.5, 0.6) is 0 Å². The van der Waals surface area contributed by atoms with Crippen molar-refractivity contribution in [3.63, 3.8) is 0 Å². The number of likely N-dealkylation sites (tertiary alicyclic amines) is 1. The lowest BCUT2D eigenvalue weighted by Gasteiger charge is -2.35. The first kappa shape index (κ1) is 23.4. The van der Waals surface area contributed by atoms with Crippen LogP contribution in [-0.4, -0.2) is 41.9 Å². The number of rotatable bonds is 5. The van der Waals surface area contributed by atoms with Gasteiger partial charge in [0.2, 0.25) is 5.91 Å². The van der Waals surface area contributed by atoms with E-state index in [0.29, 0.717) is 38.0 Å². The highest BCUT2D eigenvalue weighted by Gasteiger charge is 2.44. The predicted molar refractivity (Wildman–Crippen MR) is 139 cm³/mol. The van der Waals surface area contributed by atoms with Crippen molar-refractivity contribution in [3.8, 4) is 11.1 Å². The number of amidine groups is 1. The van der Waals surface area contributed by atoms with Gasteiger partial charge < -0.3 is 15.5 Å². The van der Waals surface area contributed by atoms with Crippen LogP contribution in [-0.2, 0) is 11.3 Å². The monoisotopic (exact) mass is 490 g/mol. The average Bonchev–Trinajstić information content (AvgIpc) is 3.15. The first-order valence-electron chi connectivity index (χ1n) is 11.9. The van der Waals surface area contributed by atoms with E-state index in [1.165, 1.54) is 0 Å². The first-order chi connectivity index (χ1) is 16.9. The zero-order chi connectivity index (χ0) is 24.5. The molecule has 1 amide bonds. The van der Waals surface area contributed by atoms with Gasteiger partial charge in [-0.15, -0.1) is 11.6 Å². The van der Waals surface area contributed by atoms with Gasteiger partial charge in [-0.3, -0.25) is 10.2 Å². The van der Waals surface area contributed by atoms with Gasteiger partial charge in [-0.05, 0) is 41.2 Å². The molecule has 5 nitrogen and oxygen atoms in total. The molecule has 0 bridgehead atoms. The number of halogens is 2. The minimum Gasteiger partial charge on any atom is -0.384 e. The second-order valence-electron chi connectivity index (χ2n) is 9.22. The Kier molecular flexibility index (Phi) is 6.48. The fraction of sp³-hybridized carbons (Fsp3) is 0.286. The van der Waals surface area contributed by atoms with Gasteiger partial charge in [-0.25, -0.2) is 4.39 Å². The molecule has 5 rings (SSSR count). The SMILES string of the molecule is N=C(N)c1ccc2c(c1)N(Cc1ccc(-c3ccccc3)cc1)C(C(=O)N1CCC(F)CC1)C2Cl. The van der Waals surface area contributed by atoms with Gasteiger partial charge in [-0.2, -0.15) is 0 Å². The highest BCUT2D eigenvalue weighted by atomic mass is 35.5. The number of benzene rings is 3. The lowest BCUT2D eigenvalue weighted by atomic mass is 10.0. The van der Waals surface area contributed by atoms with Crippen molar-refractivity contribution >= 4 is 29.0 Å². The Balaban J connectivity index is 1.47. The second kappa shape index (κ2) is 9.70. The molecular weight excluding hydrogens is 463 g/mol. The van der Waals surface area contributed by atoms with Crippen LogP contribution in [0.4, 0.5) is 10.1 Å². The van der Waals surface area contributed by atoms with Crippen LogP contribution in [0.3, 0.4) is 0 Å². The van der Waals surface area contributed by atoms with E-state index < -0.39 is 17.6 Å². The van der Waals surface area contributed by atoms with Crippen LogP contribution in [0.2, 0.25) is 0 Å². The van der Waals surface area contributed by atoms with Gasteiger partial charge in [-0.1, -0.05) is 66.7 Å². The number of nitrogens with two attached hydrogens (primary N) is 1. The number of nitrogens with one attached hydrogen (secondary N) is 1. The number of amides is 1. The Morgan fingerprint density at radius 2 is 1.66 bits per heavy atom. The van der Waals surface area contributed by atoms with E-state index in [1.54, 1.807) is 11.0 Å². The summed E-state index contributed by atoms with van der Waals surface area (Å²) in [5, 5.41) is 7.32. The molecule has 0 saturated carbocycles. The molecule has 35 heavy (non-hydrogen) atoms. The van der Waals surface area contributed by atoms with Gasteiger partial charge in [0, 0.05) is 30.9 Å². The highest BCUT2D eigenvalue weighted by molar-refractivity contribution is 6.24. The summed E-state index contributed by atoms with van der Waals surface area (Å²) in [6, 6.07) is 23.3. The van der Waals surface area contributed by atoms with Gasteiger partial charge in [0.25, 0.3) is 0 Å². The quantitative estimate of drug-likeness (QED) is 0.291. The molecule has 2 aliphatic rings. The maximum absolute atomic E-state index is 13.7. The van der Waals surface area contributed by atoms with Crippen LogP contribution in [0.25, 0.3) is 11.1 Å². The van der Waals surface area contributed by atoms with E-state index in [-0.39, 0.29) is 11.7 Å². The number of carbonyl (C=O) groups is 1. The molecule has 7 heteroatoms. The molecule has 1 saturated heterocycles. The van der Waals surface area contributed by atoms with E-state index in [4.69, 9.17) is 22.7 Å². The van der Waals surface area contributed by atoms with Gasteiger partial charge in [0.1, 0.15) is 18.0 Å². The third kappa shape index (κ3) is 4.63. The number of alkyl halides is 2. The standard InChI is InChI=1S/C28H28ClFN4O/c29-25-23-11-10-21(27(31)32)16-24(23)34(26(25)28(35)33-14-12-22(30)13-15-33)17-18-6-8-20(9-7-18)19-4-2-1-3-5-19/h1-11,16,22,25-26H,12-15,17H2,(H3,31,32). The van der Waals surface area contributed by atoms with Gasteiger partial charge in [0.05, 0.1) is 5.38 Å². The molecule has 2 heterocycles.